The number of aromatic nitrogens is 2. The van der Waals surface area contributed by atoms with Gasteiger partial charge in [-0.3, -0.25) is 4.98 Å². The van der Waals surface area contributed by atoms with Gasteiger partial charge in [0.1, 0.15) is 11.6 Å². The lowest BCUT2D eigenvalue weighted by molar-refractivity contribution is 0.618. The van der Waals surface area contributed by atoms with E-state index >= 15 is 0 Å². The molecule has 2 N–H and O–H groups in total. The molecule has 0 aliphatic carbocycles. The van der Waals surface area contributed by atoms with E-state index in [-0.39, 0.29) is 5.82 Å². The first kappa shape index (κ1) is 11.3. The first-order valence-corrected chi connectivity index (χ1v) is 5.12. The SMILES string of the molecule is C=Cc1cc(-c2cncc(N)n2)cc(F)c1C. The lowest BCUT2D eigenvalue weighted by Gasteiger charge is -2.07. The van der Waals surface area contributed by atoms with E-state index in [9.17, 15) is 4.39 Å². The highest BCUT2D eigenvalue weighted by Gasteiger charge is 2.08. The molecule has 3 nitrogen and oxygen atoms in total. The Morgan fingerprint density at radius 1 is 1.35 bits per heavy atom. The first-order valence-electron chi connectivity index (χ1n) is 5.12. The zero-order valence-corrected chi connectivity index (χ0v) is 9.44. The van der Waals surface area contributed by atoms with E-state index in [1.807, 2.05) is 6.07 Å². The fourth-order valence-corrected chi connectivity index (χ4v) is 1.58. The van der Waals surface area contributed by atoms with Gasteiger partial charge in [-0.1, -0.05) is 12.7 Å². The molecule has 0 saturated carbocycles. The highest BCUT2D eigenvalue weighted by molar-refractivity contribution is 5.66. The number of hydrogen-bond acceptors (Lipinski definition) is 3. The monoisotopic (exact) mass is 229 g/mol. The fraction of sp³-hybridized carbons (Fsp3) is 0.0769. The summed E-state index contributed by atoms with van der Waals surface area (Å²) in [6.45, 7) is 5.37. The van der Waals surface area contributed by atoms with Crippen LogP contribution in [0.3, 0.4) is 0 Å². The summed E-state index contributed by atoms with van der Waals surface area (Å²) in [7, 11) is 0. The minimum atomic E-state index is -0.290. The Bertz CT molecular complexity index is 579. The second-order valence-corrected chi connectivity index (χ2v) is 3.71. The topological polar surface area (TPSA) is 51.8 Å². The fourth-order valence-electron chi connectivity index (χ4n) is 1.58. The predicted octanol–water partition coefficient (Wildman–Crippen LogP) is 2.82. The van der Waals surface area contributed by atoms with Crippen molar-refractivity contribution in [3.05, 3.63) is 48.0 Å². The molecule has 0 radical (unpaired) electrons. The highest BCUT2D eigenvalue weighted by Crippen LogP contribution is 2.24. The number of halogens is 1. The molecule has 0 aliphatic heterocycles. The maximum atomic E-state index is 13.7. The van der Waals surface area contributed by atoms with Crippen molar-refractivity contribution >= 4 is 11.9 Å². The van der Waals surface area contributed by atoms with Crippen LogP contribution >= 0.6 is 0 Å². The summed E-state index contributed by atoms with van der Waals surface area (Å²) in [6, 6.07) is 3.24. The third-order valence-electron chi connectivity index (χ3n) is 2.55. The summed E-state index contributed by atoms with van der Waals surface area (Å²) in [6.07, 6.45) is 4.61. The lowest BCUT2D eigenvalue weighted by Crippen LogP contribution is -1.95. The van der Waals surface area contributed by atoms with E-state index in [1.54, 1.807) is 19.2 Å². The van der Waals surface area contributed by atoms with Crippen LogP contribution in [0.5, 0.6) is 0 Å². The summed E-state index contributed by atoms with van der Waals surface area (Å²) < 4.78 is 13.7. The van der Waals surface area contributed by atoms with E-state index in [4.69, 9.17) is 5.73 Å². The second kappa shape index (κ2) is 4.33. The molecule has 0 fully saturated rings. The van der Waals surface area contributed by atoms with Crippen LogP contribution < -0.4 is 5.73 Å². The van der Waals surface area contributed by atoms with Gasteiger partial charge in [-0.05, 0) is 30.2 Å². The van der Waals surface area contributed by atoms with Gasteiger partial charge >= 0.3 is 0 Å². The maximum absolute atomic E-state index is 13.7. The van der Waals surface area contributed by atoms with E-state index in [2.05, 4.69) is 16.5 Å². The van der Waals surface area contributed by atoms with Crippen LogP contribution in [0.1, 0.15) is 11.1 Å². The quantitative estimate of drug-likeness (QED) is 0.861. The molecule has 86 valence electrons. The van der Waals surface area contributed by atoms with Crippen LogP contribution in [0.2, 0.25) is 0 Å². The van der Waals surface area contributed by atoms with Crippen molar-refractivity contribution in [2.45, 2.75) is 6.92 Å². The molecule has 4 heteroatoms. The normalized spacial score (nSPS) is 10.2. The molecule has 2 aromatic rings. The number of nitrogen functional groups attached to an aromatic ring is 1. The van der Waals surface area contributed by atoms with Gasteiger partial charge in [-0.25, -0.2) is 9.37 Å². The smallest absolute Gasteiger partial charge is 0.142 e. The van der Waals surface area contributed by atoms with Crippen molar-refractivity contribution in [3.63, 3.8) is 0 Å². The van der Waals surface area contributed by atoms with Crippen molar-refractivity contribution in [1.29, 1.82) is 0 Å². The van der Waals surface area contributed by atoms with Crippen LogP contribution in [0.4, 0.5) is 10.2 Å². The van der Waals surface area contributed by atoms with Crippen molar-refractivity contribution in [1.82, 2.24) is 9.97 Å². The Hall–Kier alpha value is -2.23. The summed E-state index contributed by atoms with van der Waals surface area (Å²) in [5.41, 5.74) is 8.05. The van der Waals surface area contributed by atoms with Crippen LogP contribution in [-0.4, -0.2) is 9.97 Å². The standard InChI is InChI=1S/C13H12FN3/c1-3-9-4-10(5-11(14)8(9)2)12-6-16-7-13(15)17-12/h3-7H,1H2,2H3,(H2,15,17). The van der Waals surface area contributed by atoms with Gasteiger partial charge in [0.05, 0.1) is 18.1 Å². The van der Waals surface area contributed by atoms with Gasteiger partial charge in [0.15, 0.2) is 0 Å². The molecular weight excluding hydrogens is 217 g/mol. The minimum Gasteiger partial charge on any atom is -0.382 e. The summed E-state index contributed by atoms with van der Waals surface area (Å²) in [5.74, 6) is 0.0188. The molecule has 0 spiro atoms. The molecule has 0 aliphatic rings. The van der Waals surface area contributed by atoms with Crippen LogP contribution in [0.25, 0.3) is 17.3 Å². The number of anilines is 1. The van der Waals surface area contributed by atoms with Gasteiger partial charge < -0.3 is 5.73 Å². The molecule has 0 saturated heterocycles. The molecule has 17 heavy (non-hydrogen) atoms. The number of rotatable bonds is 2. The van der Waals surface area contributed by atoms with Gasteiger partial charge in [-0.2, -0.15) is 0 Å². The molecule has 0 unspecified atom stereocenters. The van der Waals surface area contributed by atoms with Crippen LogP contribution in [0, 0.1) is 12.7 Å². The molecule has 0 bridgehead atoms. The van der Waals surface area contributed by atoms with E-state index in [0.29, 0.717) is 22.6 Å². The van der Waals surface area contributed by atoms with Crippen molar-refractivity contribution in [3.8, 4) is 11.3 Å². The number of nitrogens with zero attached hydrogens (tertiary/aromatic N) is 2. The summed E-state index contributed by atoms with van der Waals surface area (Å²) >= 11 is 0. The minimum absolute atomic E-state index is 0.290. The van der Waals surface area contributed by atoms with Gasteiger partial charge in [-0.15, -0.1) is 0 Å². The number of benzene rings is 1. The molecule has 1 heterocycles. The van der Waals surface area contributed by atoms with Crippen molar-refractivity contribution in [2.24, 2.45) is 0 Å². The van der Waals surface area contributed by atoms with E-state index < -0.39 is 0 Å². The van der Waals surface area contributed by atoms with Gasteiger partial charge in [0, 0.05) is 5.56 Å². The van der Waals surface area contributed by atoms with Crippen LogP contribution in [-0.2, 0) is 0 Å². The van der Waals surface area contributed by atoms with Gasteiger partial charge in [0.2, 0.25) is 0 Å². The zero-order valence-electron chi connectivity index (χ0n) is 9.44. The molecule has 1 aromatic heterocycles. The van der Waals surface area contributed by atoms with Crippen molar-refractivity contribution in [2.75, 3.05) is 5.73 Å². The summed E-state index contributed by atoms with van der Waals surface area (Å²) in [4.78, 5) is 8.04. The van der Waals surface area contributed by atoms with E-state index in [1.165, 1.54) is 12.3 Å². The Balaban J connectivity index is 2.60. The van der Waals surface area contributed by atoms with Gasteiger partial charge in [0.25, 0.3) is 0 Å². The Kier molecular flexibility index (Phi) is 2.87. The predicted molar refractivity (Wildman–Crippen MR) is 66.7 cm³/mol. The molecular formula is C13H12FN3. The molecule has 0 atom stereocenters. The average molecular weight is 229 g/mol. The number of nitrogens with two attached hydrogens (primary N) is 1. The van der Waals surface area contributed by atoms with E-state index in [0.717, 1.165) is 5.56 Å². The third-order valence-corrected chi connectivity index (χ3v) is 2.55. The first-order chi connectivity index (χ1) is 8.11. The third kappa shape index (κ3) is 2.15. The Morgan fingerprint density at radius 2 is 2.12 bits per heavy atom. The maximum Gasteiger partial charge on any atom is 0.142 e. The highest BCUT2D eigenvalue weighted by atomic mass is 19.1. The Morgan fingerprint density at radius 3 is 2.76 bits per heavy atom. The van der Waals surface area contributed by atoms with Crippen LogP contribution in [0.15, 0.2) is 31.1 Å². The number of hydrogen-bond donors (Lipinski definition) is 1. The zero-order chi connectivity index (χ0) is 12.4. The largest absolute Gasteiger partial charge is 0.382 e. The lowest BCUT2D eigenvalue weighted by atomic mass is 10.0. The molecule has 1 aromatic carbocycles. The molecule has 0 amide bonds. The second-order valence-electron chi connectivity index (χ2n) is 3.71. The average Bonchev–Trinajstić information content (AvgIpc) is 2.32. The Labute approximate surface area is 98.8 Å². The summed E-state index contributed by atoms with van der Waals surface area (Å²) in [5, 5.41) is 0. The molecule has 2 rings (SSSR count). The van der Waals surface area contributed by atoms with Crippen molar-refractivity contribution < 1.29 is 4.39 Å².